The largest absolute Gasteiger partial charge is 0.472 e. The molecule has 1 fully saturated rings. The van der Waals surface area contributed by atoms with E-state index >= 15 is 0 Å². The summed E-state index contributed by atoms with van der Waals surface area (Å²) >= 11 is 0. The maximum absolute atomic E-state index is 5.96. The second kappa shape index (κ2) is 6.39. The third-order valence-electron chi connectivity index (χ3n) is 4.49. The summed E-state index contributed by atoms with van der Waals surface area (Å²) in [5, 5.41) is 0. The standard InChI is InChI=1S/C15H26N2O/c1-3-17(12(2)14-8-9-18-11-14)15-7-5-4-6-13(15)10-16/h8-9,11-13,15H,3-7,10,16H2,1-2H3. The summed E-state index contributed by atoms with van der Waals surface area (Å²) < 4.78 is 5.22. The Kier molecular flexibility index (Phi) is 4.84. The van der Waals surface area contributed by atoms with E-state index in [1.54, 1.807) is 6.26 Å². The summed E-state index contributed by atoms with van der Waals surface area (Å²) in [4.78, 5) is 2.60. The van der Waals surface area contributed by atoms with Gasteiger partial charge in [-0.25, -0.2) is 0 Å². The molecule has 0 spiro atoms. The van der Waals surface area contributed by atoms with Crippen LogP contribution in [0, 0.1) is 5.92 Å². The van der Waals surface area contributed by atoms with Gasteiger partial charge in [-0.1, -0.05) is 19.8 Å². The molecule has 3 heteroatoms. The molecule has 1 aromatic rings. The number of hydrogen-bond acceptors (Lipinski definition) is 3. The second-order valence-corrected chi connectivity index (χ2v) is 5.41. The molecule has 0 aromatic carbocycles. The molecule has 2 rings (SSSR count). The highest BCUT2D eigenvalue weighted by atomic mass is 16.3. The Bertz CT molecular complexity index is 336. The summed E-state index contributed by atoms with van der Waals surface area (Å²) in [5.41, 5.74) is 7.24. The molecule has 102 valence electrons. The average Bonchev–Trinajstić information content (AvgIpc) is 2.94. The van der Waals surface area contributed by atoms with Crippen molar-refractivity contribution in [3.8, 4) is 0 Å². The van der Waals surface area contributed by atoms with Crippen molar-refractivity contribution in [2.24, 2.45) is 11.7 Å². The lowest BCUT2D eigenvalue weighted by Gasteiger charge is -2.42. The first-order chi connectivity index (χ1) is 8.77. The molecule has 3 unspecified atom stereocenters. The van der Waals surface area contributed by atoms with Crippen LogP contribution in [0.25, 0.3) is 0 Å². The Balaban J connectivity index is 2.11. The topological polar surface area (TPSA) is 42.4 Å². The normalized spacial score (nSPS) is 26.4. The van der Waals surface area contributed by atoms with E-state index in [4.69, 9.17) is 10.2 Å². The quantitative estimate of drug-likeness (QED) is 0.872. The molecule has 1 aliphatic carbocycles. The highest BCUT2D eigenvalue weighted by molar-refractivity contribution is 5.11. The second-order valence-electron chi connectivity index (χ2n) is 5.41. The molecule has 0 bridgehead atoms. The molecule has 2 N–H and O–H groups in total. The van der Waals surface area contributed by atoms with Gasteiger partial charge in [0.25, 0.3) is 0 Å². The highest BCUT2D eigenvalue weighted by Crippen LogP contribution is 2.33. The Morgan fingerprint density at radius 3 is 2.83 bits per heavy atom. The molecule has 1 aromatic heterocycles. The van der Waals surface area contributed by atoms with E-state index < -0.39 is 0 Å². The van der Waals surface area contributed by atoms with Crippen LogP contribution in [-0.2, 0) is 0 Å². The SMILES string of the molecule is CCN(C(C)c1ccoc1)C1CCCCC1CN. The van der Waals surface area contributed by atoms with Crippen molar-refractivity contribution in [2.75, 3.05) is 13.1 Å². The van der Waals surface area contributed by atoms with Crippen molar-refractivity contribution < 1.29 is 4.42 Å². The maximum Gasteiger partial charge on any atom is 0.0950 e. The van der Waals surface area contributed by atoms with Gasteiger partial charge in [-0.15, -0.1) is 0 Å². The third kappa shape index (κ3) is 2.78. The van der Waals surface area contributed by atoms with Crippen LogP contribution in [0.3, 0.4) is 0 Å². The summed E-state index contributed by atoms with van der Waals surface area (Å²) in [5.74, 6) is 0.660. The lowest BCUT2D eigenvalue weighted by Crippen LogP contribution is -2.46. The molecule has 1 saturated carbocycles. The molecule has 1 heterocycles. The van der Waals surface area contributed by atoms with Crippen LogP contribution in [0.5, 0.6) is 0 Å². The third-order valence-corrected chi connectivity index (χ3v) is 4.49. The number of hydrogen-bond donors (Lipinski definition) is 1. The fourth-order valence-corrected chi connectivity index (χ4v) is 3.40. The highest BCUT2D eigenvalue weighted by Gasteiger charge is 2.31. The van der Waals surface area contributed by atoms with Gasteiger partial charge in [0.2, 0.25) is 0 Å². The van der Waals surface area contributed by atoms with Gasteiger partial charge in [-0.05, 0) is 44.8 Å². The maximum atomic E-state index is 5.96. The molecule has 1 aliphatic rings. The van der Waals surface area contributed by atoms with Crippen molar-refractivity contribution in [3.63, 3.8) is 0 Å². The van der Waals surface area contributed by atoms with Crippen LogP contribution in [-0.4, -0.2) is 24.0 Å². The van der Waals surface area contributed by atoms with Gasteiger partial charge < -0.3 is 10.2 Å². The lowest BCUT2D eigenvalue weighted by atomic mass is 9.82. The zero-order valence-electron chi connectivity index (χ0n) is 11.6. The number of nitrogens with zero attached hydrogens (tertiary/aromatic N) is 1. The molecular weight excluding hydrogens is 224 g/mol. The van der Waals surface area contributed by atoms with Crippen molar-refractivity contribution in [1.29, 1.82) is 0 Å². The van der Waals surface area contributed by atoms with E-state index in [0.29, 0.717) is 18.0 Å². The van der Waals surface area contributed by atoms with Crippen LogP contribution in [0.1, 0.15) is 51.1 Å². The van der Waals surface area contributed by atoms with Crippen LogP contribution in [0.4, 0.5) is 0 Å². The Labute approximate surface area is 110 Å². The zero-order chi connectivity index (χ0) is 13.0. The molecule has 0 radical (unpaired) electrons. The van der Waals surface area contributed by atoms with E-state index in [0.717, 1.165) is 13.1 Å². The summed E-state index contributed by atoms with van der Waals surface area (Å²) in [6, 6.07) is 3.14. The van der Waals surface area contributed by atoms with Crippen LogP contribution < -0.4 is 5.73 Å². The van der Waals surface area contributed by atoms with Crippen molar-refractivity contribution in [2.45, 2.75) is 51.6 Å². The Hall–Kier alpha value is -0.800. The van der Waals surface area contributed by atoms with E-state index in [1.165, 1.54) is 31.2 Å². The first-order valence-electron chi connectivity index (χ1n) is 7.25. The van der Waals surface area contributed by atoms with Gasteiger partial charge in [-0.2, -0.15) is 0 Å². The van der Waals surface area contributed by atoms with Crippen LogP contribution >= 0.6 is 0 Å². The minimum atomic E-state index is 0.422. The number of furan rings is 1. The predicted octanol–water partition coefficient (Wildman–Crippen LogP) is 3.18. The number of rotatable bonds is 5. The van der Waals surface area contributed by atoms with Crippen LogP contribution in [0.15, 0.2) is 23.0 Å². The van der Waals surface area contributed by atoms with Gasteiger partial charge in [-0.3, -0.25) is 4.90 Å². The van der Waals surface area contributed by atoms with Crippen LogP contribution in [0.2, 0.25) is 0 Å². The summed E-state index contributed by atoms with van der Waals surface area (Å²) in [6.07, 6.45) is 8.90. The van der Waals surface area contributed by atoms with Gasteiger partial charge >= 0.3 is 0 Å². The summed E-state index contributed by atoms with van der Waals surface area (Å²) in [6.45, 7) is 6.42. The lowest BCUT2D eigenvalue weighted by molar-refractivity contribution is 0.0767. The fraction of sp³-hybridized carbons (Fsp3) is 0.733. The van der Waals surface area contributed by atoms with E-state index in [-0.39, 0.29) is 0 Å². The Morgan fingerprint density at radius 1 is 1.44 bits per heavy atom. The first-order valence-corrected chi connectivity index (χ1v) is 7.25. The molecule has 0 aliphatic heterocycles. The van der Waals surface area contributed by atoms with Crippen molar-refractivity contribution >= 4 is 0 Å². The molecule has 18 heavy (non-hydrogen) atoms. The Morgan fingerprint density at radius 2 is 2.22 bits per heavy atom. The van der Waals surface area contributed by atoms with Gasteiger partial charge in [0.1, 0.15) is 0 Å². The number of nitrogens with two attached hydrogens (primary N) is 1. The molecule has 3 nitrogen and oxygen atoms in total. The molecule has 0 saturated heterocycles. The first kappa shape index (κ1) is 13.6. The predicted molar refractivity (Wildman–Crippen MR) is 74.3 cm³/mol. The smallest absolute Gasteiger partial charge is 0.0950 e. The minimum Gasteiger partial charge on any atom is -0.472 e. The molecule has 0 amide bonds. The van der Waals surface area contributed by atoms with Gasteiger partial charge in [0, 0.05) is 17.6 Å². The molecular formula is C15H26N2O. The van der Waals surface area contributed by atoms with E-state index in [1.807, 2.05) is 6.26 Å². The van der Waals surface area contributed by atoms with Crippen molar-refractivity contribution in [3.05, 3.63) is 24.2 Å². The van der Waals surface area contributed by atoms with Gasteiger partial charge in [0.05, 0.1) is 12.5 Å². The monoisotopic (exact) mass is 250 g/mol. The fourth-order valence-electron chi connectivity index (χ4n) is 3.40. The van der Waals surface area contributed by atoms with E-state index in [2.05, 4.69) is 24.8 Å². The van der Waals surface area contributed by atoms with E-state index in [9.17, 15) is 0 Å². The zero-order valence-corrected chi connectivity index (χ0v) is 11.6. The minimum absolute atomic E-state index is 0.422. The average molecular weight is 250 g/mol. The summed E-state index contributed by atoms with van der Waals surface area (Å²) in [7, 11) is 0. The van der Waals surface area contributed by atoms with Crippen molar-refractivity contribution in [1.82, 2.24) is 4.90 Å². The van der Waals surface area contributed by atoms with Gasteiger partial charge in [0.15, 0.2) is 0 Å². The molecule has 3 atom stereocenters.